The summed E-state index contributed by atoms with van der Waals surface area (Å²) in [6.45, 7) is 3.49. The predicted molar refractivity (Wildman–Crippen MR) is 162 cm³/mol. The van der Waals surface area contributed by atoms with E-state index >= 15 is 0 Å². The fourth-order valence-corrected chi connectivity index (χ4v) is 4.64. The molecule has 19 nitrogen and oxygen atoms in total. The minimum absolute atomic E-state index is 0.388. The van der Waals surface area contributed by atoms with Gasteiger partial charge in [-0.15, -0.1) is 0 Å². The van der Waals surface area contributed by atoms with Crippen LogP contribution < -0.4 is 10.6 Å². The van der Waals surface area contributed by atoms with Crippen molar-refractivity contribution in [1.82, 2.24) is 10.6 Å². The second-order valence-electron chi connectivity index (χ2n) is 10.1. The van der Waals surface area contributed by atoms with Gasteiger partial charge < -0.3 is 53.3 Å². The molecule has 0 spiro atoms. The van der Waals surface area contributed by atoms with Crippen LogP contribution in [0.3, 0.4) is 0 Å². The number of rotatable bonds is 15. The summed E-state index contributed by atoms with van der Waals surface area (Å²) in [6.07, 6.45) is -10.4. The molecule has 2 amide bonds. The van der Waals surface area contributed by atoms with Crippen LogP contribution in [0.25, 0.3) is 0 Å². The summed E-state index contributed by atoms with van der Waals surface area (Å²) < 4.78 is 46.1. The molecule has 1 rings (SSSR count). The SMILES string of the molecule is COC(=O)[C@]1(OC(C)=O)O[C@@H]([C@H](OC(C)=O)[C@@H](COC(C)=O)OC(C)=O)[C@H](NC(C)=O)[C@@H](OC(C)=O)[C@@H]1OCCNC(=O)OCC(Cl)(Cl)Cl. The molecule has 2 N–H and O–H groups in total. The summed E-state index contributed by atoms with van der Waals surface area (Å²) in [7, 11) is 0.873. The van der Waals surface area contributed by atoms with E-state index in [0.717, 1.165) is 48.7 Å². The topological polar surface area (TPSA) is 244 Å². The lowest BCUT2D eigenvalue weighted by atomic mass is 9.85. The number of nitrogens with one attached hydrogen (secondary N) is 2. The Morgan fingerprint density at radius 2 is 1.45 bits per heavy atom. The Hall–Kier alpha value is -3.65. The van der Waals surface area contributed by atoms with E-state index in [0.29, 0.717) is 0 Å². The molecule has 7 atom stereocenters. The Morgan fingerprint density at radius 3 is 1.92 bits per heavy atom. The van der Waals surface area contributed by atoms with E-state index in [-0.39, 0.29) is 6.54 Å². The molecule has 0 radical (unpaired) electrons. The number of methoxy groups -OCH3 is 1. The molecule has 0 aromatic heterocycles. The lowest BCUT2D eigenvalue weighted by Crippen LogP contribution is -2.76. The molecule has 0 aliphatic carbocycles. The molecule has 1 aliphatic rings. The summed E-state index contributed by atoms with van der Waals surface area (Å²) in [4.78, 5) is 99.2. The van der Waals surface area contributed by atoms with Crippen molar-refractivity contribution in [2.75, 3.05) is 33.5 Å². The third-order valence-electron chi connectivity index (χ3n) is 5.93. The Balaban J connectivity index is 3.89. The van der Waals surface area contributed by atoms with Gasteiger partial charge in [-0.1, -0.05) is 34.8 Å². The molecule has 278 valence electrons. The van der Waals surface area contributed by atoms with Crippen LogP contribution in [0.1, 0.15) is 41.5 Å². The molecule has 0 bridgehead atoms. The van der Waals surface area contributed by atoms with Crippen molar-refractivity contribution < 1.29 is 81.0 Å². The first-order valence-electron chi connectivity index (χ1n) is 14.1. The molecule has 0 saturated carbocycles. The minimum atomic E-state index is -3.02. The number of carbonyl (C=O) groups is 8. The van der Waals surface area contributed by atoms with Crippen molar-refractivity contribution in [3.63, 3.8) is 0 Å². The highest BCUT2D eigenvalue weighted by Gasteiger charge is 2.67. The molecule has 49 heavy (non-hydrogen) atoms. The van der Waals surface area contributed by atoms with Crippen molar-refractivity contribution in [3.8, 4) is 0 Å². The van der Waals surface area contributed by atoms with Gasteiger partial charge in [-0.2, -0.15) is 0 Å². The highest BCUT2D eigenvalue weighted by molar-refractivity contribution is 6.67. The van der Waals surface area contributed by atoms with E-state index in [1.807, 2.05) is 0 Å². The molecule has 22 heteroatoms. The highest BCUT2D eigenvalue weighted by atomic mass is 35.6. The Labute approximate surface area is 295 Å². The number of hydrogen-bond acceptors (Lipinski definition) is 17. The van der Waals surface area contributed by atoms with Crippen LogP contribution in [0.4, 0.5) is 4.79 Å². The highest BCUT2D eigenvalue weighted by Crippen LogP contribution is 2.39. The van der Waals surface area contributed by atoms with E-state index in [1.54, 1.807) is 0 Å². The van der Waals surface area contributed by atoms with Crippen LogP contribution >= 0.6 is 34.8 Å². The summed E-state index contributed by atoms with van der Waals surface area (Å²) in [5.74, 6) is -10.3. The lowest BCUT2D eigenvalue weighted by molar-refractivity contribution is -0.343. The van der Waals surface area contributed by atoms with Crippen molar-refractivity contribution in [3.05, 3.63) is 0 Å². The van der Waals surface area contributed by atoms with Crippen LogP contribution in [-0.2, 0) is 76.2 Å². The van der Waals surface area contributed by atoms with Crippen molar-refractivity contribution in [1.29, 1.82) is 0 Å². The predicted octanol–water partition coefficient (Wildman–Crippen LogP) is 0.162. The molecule has 1 aliphatic heterocycles. The third-order valence-corrected chi connectivity index (χ3v) is 6.25. The zero-order valence-electron chi connectivity index (χ0n) is 27.4. The number of hydrogen-bond donors (Lipinski definition) is 2. The zero-order chi connectivity index (χ0) is 37.7. The maximum absolute atomic E-state index is 13.5. The fourth-order valence-electron chi connectivity index (χ4n) is 4.47. The quantitative estimate of drug-likeness (QED) is 0.0976. The van der Waals surface area contributed by atoms with Gasteiger partial charge in [0.05, 0.1) is 19.8 Å². The number of carbonyl (C=O) groups excluding carboxylic acids is 8. The average Bonchev–Trinajstić information content (AvgIpc) is 2.95. The number of alkyl halides is 3. The van der Waals surface area contributed by atoms with Gasteiger partial charge in [0, 0.05) is 48.1 Å². The van der Waals surface area contributed by atoms with Crippen LogP contribution in [0, 0.1) is 0 Å². The van der Waals surface area contributed by atoms with E-state index in [4.69, 9.17) is 77.4 Å². The summed E-state index contributed by atoms with van der Waals surface area (Å²) in [5.41, 5.74) is 0. The van der Waals surface area contributed by atoms with Gasteiger partial charge in [0.15, 0.2) is 24.4 Å². The largest absolute Gasteiger partial charge is 0.464 e. The maximum Gasteiger partial charge on any atom is 0.407 e. The number of alkyl carbamates (subject to hydrolysis) is 1. The summed E-state index contributed by atoms with van der Waals surface area (Å²) >= 11 is 16.7. The van der Waals surface area contributed by atoms with Gasteiger partial charge in [0.25, 0.3) is 0 Å². The van der Waals surface area contributed by atoms with Gasteiger partial charge in [-0.3, -0.25) is 28.8 Å². The molecule has 1 fully saturated rings. The van der Waals surface area contributed by atoms with Gasteiger partial charge in [-0.25, -0.2) is 9.59 Å². The first kappa shape index (κ1) is 43.4. The molecular formula is C27H37Cl3N2O17. The number of ether oxygens (including phenoxy) is 9. The number of esters is 6. The number of amides is 2. The number of halogens is 3. The van der Waals surface area contributed by atoms with E-state index in [1.165, 1.54) is 0 Å². The molecule has 1 heterocycles. The molecule has 1 saturated heterocycles. The minimum Gasteiger partial charge on any atom is -0.464 e. The maximum atomic E-state index is 13.5. The smallest absolute Gasteiger partial charge is 0.407 e. The summed E-state index contributed by atoms with van der Waals surface area (Å²) in [5, 5.41) is 4.71. The van der Waals surface area contributed by atoms with E-state index in [2.05, 4.69) is 10.6 Å². The normalized spacial score (nSPS) is 23.0. The van der Waals surface area contributed by atoms with Crippen LogP contribution in [-0.4, -0.2) is 127 Å². The van der Waals surface area contributed by atoms with E-state index < -0.39 is 114 Å². The third kappa shape index (κ3) is 14.4. The fraction of sp³-hybridized carbons (Fsp3) is 0.704. The molecule has 0 aromatic carbocycles. The second-order valence-corrected chi connectivity index (χ2v) is 12.6. The zero-order valence-corrected chi connectivity index (χ0v) is 29.6. The average molecular weight is 768 g/mol. The van der Waals surface area contributed by atoms with Gasteiger partial charge in [0.1, 0.15) is 19.3 Å². The van der Waals surface area contributed by atoms with Gasteiger partial charge >= 0.3 is 47.7 Å². The molecular weight excluding hydrogens is 731 g/mol. The lowest BCUT2D eigenvalue weighted by Gasteiger charge is -2.51. The standard InChI is InChI=1S/C27H37Cl3N2O17/c1-12(33)32-19-21(20(46-15(4)36)18(45-14(3)35)10-43-13(2)34)49-27(24(39)41-7,48-17(6)38)23(22(19)47-16(5)37)42-9-8-31-25(40)44-11-26(28,29)30/h18-23H,8-11H2,1-7H3,(H,31,40)(H,32,33)/t18-,19+,20-,21-,22-,23+,27-/m1/s1. The van der Waals surface area contributed by atoms with Gasteiger partial charge in [-0.05, 0) is 0 Å². The monoisotopic (exact) mass is 766 g/mol. The Kier molecular flexibility index (Phi) is 17.3. The van der Waals surface area contributed by atoms with Crippen molar-refractivity contribution in [2.45, 2.75) is 87.7 Å². The first-order chi connectivity index (χ1) is 22.6. The Bertz CT molecular complexity index is 1250. The Morgan fingerprint density at radius 1 is 0.837 bits per heavy atom. The summed E-state index contributed by atoms with van der Waals surface area (Å²) in [6, 6.07) is -1.67. The van der Waals surface area contributed by atoms with Crippen LogP contribution in [0.15, 0.2) is 0 Å². The molecule has 0 aromatic rings. The van der Waals surface area contributed by atoms with Gasteiger partial charge in [0.2, 0.25) is 9.70 Å². The van der Waals surface area contributed by atoms with Crippen molar-refractivity contribution in [2.24, 2.45) is 0 Å². The van der Waals surface area contributed by atoms with Crippen LogP contribution in [0.5, 0.6) is 0 Å². The van der Waals surface area contributed by atoms with Crippen LogP contribution in [0.2, 0.25) is 0 Å². The van der Waals surface area contributed by atoms with E-state index in [9.17, 15) is 38.4 Å². The molecule has 0 unspecified atom stereocenters. The first-order valence-corrected chi connectivity index (χ1v) is 15.2. The van der Waals surface area contributed by atoms with Crippen molar-refractivity contribution >= 4 is 82.6 Å². The second kappa shape index (κ2) is 19.5.